The summed E-state index contributed by atoms with van der Waals surface area (Å²) in [6, 6.07) is 6.66. The summed E-state index contributed by atoms with van der Waals surface area (Å²) >= 11 is 0. The van der Waals surface area contributed by atoms with E-state index in [4.69, 9.17) is 29.9 Å². The lowest BCUT2D eigenvalue weighted by molar-refractivity contribution is -0.0871. The highest BCUT2D eigenvalue weighted by Crippen LogP contribution is 2.49. The van der Waals surface area contributed by atoms with E-state index >= 15 is 0 Å². The fourth-order valence-corrected chi connectivity index (χ4v) is 7.72. The van der Waals surface area contributed by atoms with Crippen LogP contribution in [0.15, 0.2) is 18.2 Å². The van der Waals surface area contributed by atoms with Gasteiger partial charge in [0.05, 0.1) is 30.0 Å². The lowest BCUT2D eigenvalue weighted by Gasteiger charge is -2.44. The van der Waals surface area contributed by atoms with Gasteiger partial charge < -0.3 is 24.8 Å². The van der Waals surface area contributed by atoms with Crippen molar-refractivity contribution in [1.29, 1.82) is 0 Å². The molecule has 8 nitrogen and oxygen atoms in total. The van der Waals surface area contributed by atoms with Gasteiger partial charge in [0.1, 0.15) is 18.6 Å². The van der Waals surface area contributed by atoms with E-state index in [1.807, 2.05) is 6.07 Å². The zero-order valence-corrected chi connectivity index (χ0v) is 24.2. The van der Waals surface area contributed by atoms with Crippen LogP contribution in [0.3, 0.4) is 0 Å². The number of nitrogens with two attached hydrogens (primary N) is 1. The topological polar surface area (TPSA) is 86.0 Å². The van der Waals surface area contributed by atoms with Crippen LogP contribution in [0.1, 0.15) is 73.8 Å². The van der Waals surface area contributed by atoms with Gasteiger partial charge in [0.2, 0.25) is 0 Å². The molecule has 10 heteroatoms. The van der Waals surface area contributed by atoms with Gasteiger partial charge in [-0.05, 0) is 67.8 Å². The van der Waals surface area contributed by atoms with Gasteiger partial charge in [-0.3, -0.25) is 4.90 Å². The van der Waals surface area contributed by atoms with Crippen molar-refractivity contribution < 1.29 is 18.6 Å². The molecule has 40 heavy (non-hydrogen) atoms. The number of fused-ring (bicyclic) bond motifs is 4. The first-order valence-electron chi connectivity index (χ1n) is 14.7. The molecule has 218 valence electrons. The van der Waals surface area contributed by atoms with E-state index in [0.29, 0.717) is 51.1 Å². The summed E-state index contributed by atoms with van der Waals surface area (Å²) in [7, 11) is 0. The van der Waals surface area contributed by atoms with E-state index in [-0.39, 0.29) is 17.9 Å². The highest BCUT2D eigenvalue weighted by molar-refractivity contribution is 5.85. The average Bonchev–Trinajstić information content (AvgIpc) is 3.31. The van der Waals surface area contributed by atoms with E-state index in [1.165, 1.54) is 11.1 Å². The van der Waals surface area contributed by atoms with Crippen LogP contribution in [0.5, 0.6) is 6.01 Å². The number of aromatic nitrogens is 2. The SMILES string of the molecule is C[C@H]1CC[C@]2(Cc3nc(OC[C@@]45CCCN4C[C@H](F)C5)nc(N4CCCOCC4)c3CO2)c2cc(N)ccc21.Cl. The predicted octanol–water partition coefficient (Wildman–Crippen LogP) is 4.53. The zero-order chi connectivity index (χ0) is 26.6. The van der Waals surface area contributed by atoms with Gasteiger partial charge in [-0.25, -0.2) is 4.39 Å². The van der Waals surface area contributed by atoms with Gasteiger partial charge in [0, 0.05) is 50.3 Å². The molecule has 5 aliphatic rings. The predicted molar refractivity (Wildman–Crippen MR) is 154 cm³/mol. The first kappa shape index (κ1) is 27.9. The number of hydrogen-bond donors (Lipinski definition) is 1. The van der Waals surface area contributed by atoms with E-state index in [9.17, 15) is 4.39 Å². The Hall–Kier alpha value is -2.20. The molecule has 7 rings (SSSR count). The third-order valence-corrected chi connectivity index (χ3v) is 9.83. The van der Waals surface area contributed by atoms with Gasteiger partial charge in [0.15, 0.2) is 0 Å². The van der Waals surface area contributed by atoms with Gasteiger partial charge >= 0.3 is 6.01 Å². The minimum absolute atomic E-state index is 0. The Balaban J connectivity index is 0.00000289. The molecule has 1 aliphatic carbocycles. The average molecular weight is 574 g/mol. The highest BCUT2D eigenvalue weighted by Gasteiger charge is 2.50. The number of rotatable bonds is 4. The summed E-state index contributed by atoms with van der Waals surface area (Å²) in [5, 5.41) is 0. The minimum Gasteiger partial charge on any atom is -0.461 e. The van der Waals surface area contributed by atoms with Crippen LogP contribution in [0.2, 0.25) is 0 Å². The molecule has 1 aromatic heterocycles. The molecule has 0 radical (unpaired) electrons. The number of nitrogen functional groups attached to an aromatic ring is 1. The van der Waals surface area contributed by atoms with Crippen LogP contribution in [0.4, 0.5) is 15.9 Å². The van der Waals surface area contributed by atoms with Crippen molar-refractivity contribution in [2.24, 2.45) is 0 Å². The second-order valence-electron chi connectivity index (χ2n) is 12.3. The molecule has 0 unspecified atom stereocenters. The number of hydrogen-bond acceptors (Lipinski definition) is 8. The fraction of sp³-hybridized carbons (Fsp3) is 0.667. The summed E-state index contributed by atoms with van der Waals surface area (Å²) < 4.78 is 33.3. The van der Waals surface area contributed by atoms with Crippen LogP contribution >= 0.6 is 12.4 Å². The molecule has 1 spiro atoms. The smallest absolute Gasteiger partial charge is 0.318 e. The zero-order valence-electron chi connectivity index (χ0n) is 23.4. The normalized spacial score (nSPS) is 31.7. The summed E-state index contributed by atoms with van der Waals surface area (Å²) in [6.45, 7) is 7.66. The van der Waals surface area contributed by atoms with Gasteiger partial charge in [-0.2, -0.15) is 9.97 Å². The molecule has 0 amide bonds. The Morgan fingerprint density at radius 3 is 2.95 bits per heavy atom. The summed E-state index contributed by atoms with van der Waals surface area (Å²) in [4.78, 5) is 14.6. The van der Waals surface area contributed by atoms with E-state index in [2.05, 4.69) is 28.9 Å². The first-order chi connectivity index (χ1) is 18.9. The lowest BCUT2D eigenvalue weighted by Crippen LogP contribution is -2.44. The molecule has 4 aliphatic heterocycles. The second kappa shape index (κ2) is 10.9. The second-order valence-corrected chi connectivity index (χ2v) is 12.3. The third-order valence-electron chi connectivity index (χ3n) is 9.83. The number of benzene rings is 1. The Kier molecular flexibility index (Phi) is 7.61. The van der Waals surface area contributed by atoms with Crippen LogP contribution in [-0.4, -0.2) is 72.6 Å². The fourth-order valence-electron chi connectivity index (χ4n) is 7.72. The Labute approximate surface area is 242 Å². The molecular formula is C30H41ClFN5O3. The molecule has 3 saturated heterocycles. The van der Waals surface area contributed by atoms with Gasteiger partial charge in [0.25, 0.3) is 0 Å². The van der Waals surface area contributed by atoms with E-state index in [1.54, 1.807) is 0 Å². The van der Waals surface area contributed by atoms with Crippen molar-refractivity contribution in [2.45, 2.75) is 81.7 Å². The molecule has 1 aromatic carbocycles. The van der Waals surface area contributed by atoms with Crippen molar-refractivity contribution in [3.63, 3.8) is 0 Å². The Morgan fingerprint density at radius 1 is 1.15 bits per heavy atom. The number of alkyl halides is 1. The quantitative estimate of drug-likeness (QED) is 0.534. The summed E-state index contributed by atoms with van der Waals surface area (Å²) in [5.74, 6) is 1.36. The maximum Gasteiger partial charge on any atom is 0.318 e. The lowest BCUT2D eigenvalue weighted by atomic mass is 9.71. The van der Waals surface area contributed by atoms with Crippen molar-refractivity contribution in [3.05, 3.63) is 40.6 Å². The molecule has 2 N–H and O–H groups in total. The van der Waals surface area contributed by atoms with Crippen molar-refractivity contribution in [2.75, 3.05) is 56.6 Å². The highest BCUT2D eigenvalue weighted by atomic mass is 35.5. The van der Waals surface area contributed by atoms with Crippen molar-refractivity contribution in [3.8, 4) is 6.01 Å². The van der Waals surface area contributed by atoms with Crippen LogP contribution < -0.4 is 15.4 Å². The number of nitrogens with zero attached hydrogens (tertiary/aromatic N) is 4. The van der Waals surface area contributed by atoms with Crippen LogP contribution in [0, 0.1) is 0 Å². The first-order valence-corrected chi connectivity index (χ1v) is 14.7. The number of anilines is 2. The molecule has 4 atom stereocenters. The summed E-state index contributed by atoms with van der Waals surface area (Å²) in [6.07, 6.45) is 5.37. The van der Waals surface area contributed by atoms with Gasteiger partial charge in [-0.15, -0.1) is 12.4 Å². The standard InChI is InChI=1S/C30H40FN5O3.ClH/c1-20-6-8-30(25-14-22(32)4-5-23(20)25)16-26-24(18-39-30)27(35-9-3-12-37-13-11-35)34-28(33-26)38-19-29-7-2-10-36(29)17-21(31)15-29;/h4-5,14,20-21H,2-3,6-13,15-19,32H2,1H3;1H/t20-,21+,29-,30-;/m0./s1. The molecule has 3 fully saturated rings. The molecule has 5 heterocycles. The molecule has 0 bridgehead atoms. The van der Waals surface area contributed by atoms with Crippen molar-refractivity contribution >= 4 is 23.9 Å². The molecular weight excluding hydrogens is 533 g/mol. The Bertz CT molecular complexity index is 1240. The number of ether oxygens (including phenoxy) is 3. The monoisotopic (exact) mass is 573 g/mol. The van der Waals surface area contributed by atoms with E-state index in [0.717, 1.165) is 81.1 Å². The van der Waals surface area contributed by atoms with Crippen LogP contribution in [0.25, 0.3) is 0 Å². The van der Waals surface area contributed by atoms with Gasteiger partial charge in [-0.1, -0.05) is 13.0 Å². The largest absolute Gasteiger partial charge is 0.461 e. The molecule has 0 saturated carbocycles. The molecule has 2 aromatic rings. The van der Waals surface area contributed by atoms with Crippen LogP contribution in [-0.2, 0) is 28.1 Å². The van der Waals surface area contributed by atoms with Crippen molar-refractivity contribution in [1.82, 2.24) is 14.9 Å². The number of halogens is 2. The summed E-state index contributed by atoms with van der Waals surface area (Å²) in [5.41, 5.74) is 10.9. The maximum atomic E-state index is 14.4. The third kappa shape index (κ3) is 4.82. The Morgan fingerprint density at radius 2 is 2.05 bits per heavy atom. The maximum absolute atomic E-state index is 14.4. The van der Waals surface area contributed by atoms with E-state index < -0.39 is 11.8 Å². The minimum atomic E-state index is -0.788.